The topological polar surface area (TPSA) is 78.1 Å². The summed E-state index contributed by atoms with van der Waals surface area (Å²) in [6, 6.07) is -0.0676. The summed E-state index contributed by atoms with van der Waals surface area (Å²) in [5.74, 6) is 1.13. The van der Waals surface area contributed by atoms with Crippen molar-refractivity contribution in [3.8, 4) is 0 Å². The Labute approximate surface area is 194 Å². The van der Waals surface area contributed by atoms with Crippen LogP contribution in [0.1, 0.15) is 50.8 Å². The Morgan fingerprint density at radius 3 is 2.55 bits per heavy atom. The Kier molecular flexibility index (Phi) is 7.72. The number of carbonyl (C=O) groups excluding carboxylic acids is 1. The Balaban J connectivity index is 1.69. The zero-order chi connectivity index (χ0) is 21.3. The molecule has 3 fully saturated rings. The van der Waals surface area contributed by atoms with Crippen LogP contribution >= 0.6 is 23.2 Å². The predicted molar refractivity (Wildman–Crippen MR) is 112 cm³/mol. The SMILES string of the molecule is COC(=O)C1C(N)C2CCC1([C@H](C)[C@@H](C)C[I-]Cc1c(C)nc(Cl)nc1Cl)CC2. The van der Waals surface area contributed by atoms with E-state index < -0.39 is 0 Å². The van der Waals surface area contributed by atoms with Gasteiger partial charge >= 0.3 is 195 Å². The van der Waals surface area contributed by atoms with Gasteiger partial charge < -0.3 is 0 Å². The van der Waals surface area contributed by atoms with E-state index in [4.69, 9.17) is 33.7 Å². The van der Waals surface area contributed by atoms with Crippen LogP contribution in [0.3, 0.4) is 0 Å². The molecule has 164 valence electrons. The van der Waals surface area contributed by atoms with E-state index in [1.807, 2.05) is 6.92 Å². The zero-order valence-corrected chi connectivity index (χ0v) is 21.2. The number of carbonyl (C=O) groups is 1. The molecule has 2 unspecified atom stereocenters. The van der Waals surface area contributed by atoms with Gasteiger partial charge in [0.2, 0.25) is 0 Å². The number of nitrogens with zero attached hydrogens (tertiary/aromatic N) is 2. The summed E-state index contributed by atoms with van der Waals surface area (Å²) in [5, 5.41) is 0.678. The van der Waals surface area contributed by atoms with Gasteiger partial charge in [-0.2, -0.15) is 0 Å². The van der Waals surface area contributed by atoms with Crippen molar-refractivity contribution >= 4 is 29.2 Å². The Bertz CT molecular complexity index is 732. The van der Waals surface area contributed by atoms with Gasteiger partial charge in [-0.15, -0.1) is 0 Å². The summed E-state index contributed by atoms with van der Waals surface area (Å²) >= 11 is 12.1. The minimum atomic E-state index is -0.169. The number of fused-ring (bicyclic) bond motifs is 3. The molecule has 3 saturated carbocycles. The molecule has 0 spiro atoms. The van der Waals surface area contributed by atoms with Gasteiger partial charge in [0.25, 0.3) is 0 Å². The molecule has 0 aromatic carbocycles. The molecule has 4 rings (SSSR count). The third-order valence-electron chi connectivity index (χ3n) is 7.44. The number of halogens is 3. The van der Waals surface area contributed by atoms with E-state index in [1.54, 1.807) is 0 Å². The fraction of sp³-hybridized carbons (Fsp3) is 0.762. The first-order valence-corrected chi connectivity index (χ1v) is 14.1. The average Bonchev–Trinajstić information content (AvgIpc) is 2.69. The molecule has 8 heteroatoms. The maximum absolute atomic E-state index is 12.7. The Morgan fingerprint density at radius 1 is 1.31 bits per heavy atom. The summed E-state index contributed by atoms with van der Waals surface area (Å²) in [5.41, 5.74) is 8.42. The molecule has 5 nitrogen and oxygen atoms in total. The molecule has 2 N–H and O–H groups in total. The normalized spacial score (nSPS) is 30.9. The van der Waals surface area contributed by atoms with Gasteiger partial charge in [-0.05, 0) is 0 Å². The van der Waals surface area contributed by atoms with Crippen molar-refractivity contribution in [2.24, 2.45) is 34.8 Å². The van der Waals surface area contributed by atoms with Crippen molar-refractivity contribution < 1.29 is 30.7 Å². The number of hydrogen-bond acceptors (Lipinski definition) is 5. The van der Waals surface area contributed by atoms with Gasteiger partial charge in [0.05, 0.1) is 0 Å². The van der Waals surface area contributed by atoms with E-state index in [2.05, 4.69) is 23.8 Å². The van der Waals surface area contributed by atoms with Crippen molar-refractivity contribution in [3.63, 3.8) is 0 Å². The molecule has 3 aliphatic carbocycles. The second kappa shape index (κ2) is 9.53. The van der Waals surface area contributed by atoms with Crippen molar-refractivity contribution in [1.29, 1.82) is 0 Å². The van der Waals surface area contributed by atoms with Crippen molar-refractivity contribution in [1.82, 2.24) is 9.97 Å². The zero-order valence-electron chi connectivity index (χ0n) is 17.6. The van der Waals surface area contributed by atoms with E-state index >= 15 is 0 Å². The molecule has 1 aromatic heterocycles. The van der Waals surface area contributed by atoms with Gasteiger partial charge in [-0.3, -0.25) is 0 Å². The van der Waals surface area contributed by atoms with Gasteiger partial charge in [0, 0.05) is 0 Å². The molecule has 0 radical (unpaired) electrons. The second-order valence-corrected chi connectivity index (χ2v) is 12.2. The van der Waals surface area contributed by atoms with Crippen LogP contribution < -0.4 is 26.9 Å². The number of rotatable bonds is 7. The molecular formula is C21H31Cl2IN3O2-. The van der Waals surface area contributed by atoms with Gasteiger partial charge in [-0.25, -0.2) is 0 Å². The molecule has 0 saturated heterocycles. The summed E-state index contributed by atoms with van der Waals surface area (Å²) in [7, 11) is 1.49. The maximum atomic E-state index is 12.7. The van der Waals surface area contributed by atoms with E-state index in [9.17, 15) is 4.79 Å². The molecule has 1 heterocycles. The van der Waals surface area contributed by atoms with Crippen LogP contribution in [-0.2, 0) is 14.0 Å². The van der Waals surface area contributed by atoms with Gasteiger partial charge in [0.1, 0.15) is 0 Å². The van der Waals surface area contributed by atoms with Crippen LogP contribution in [0.5, 0.6) is 0 Å². The molecule has 2 bridgehead atoms. The van der Waals surface area contributed by atoms with Gasteiger partial charge in [0.15, 0.2) is 0 Å². The summed E-state index contributed by atoms with van der Waals surface area (Å²) < 4.78 is 7.29. The first-order chi connectivity index (χ1) is 13.7. The number of aromatic nitrogens is 2. The molecule has 3 aliphatic rings. The molecule has 0 aliphatic heterocycles. The predicted octanol–water partition coefficient (Wildman–Crippen LogP) is 1.26. The molecule has 1 aromatic rings. The number of hydrogen-bond donors (Lipinski definition) is 1. The van der Waals surface area contributed by atoms with Crippen LogP contribution in [0.2, 0.25) is 10.4 Å². The van der Waals surface area contributed by atoms with Crippen molar-refractivity contribution in [3.05, 3.63) is 21.7 Å². The Hall–Kier alpha value is -0.180. The summed E-state index contributed by atoms with van der Waals surface area (Å²) in [6.45, 7) is 6.59. The van der Waals surface area contributed by atoms with Crippen molar-refractivity contribution in [2.45, 2.75) is 56.9 Å². The number of ether oxygens (including phenoxy) is 1. The molecule has 29 heavy (non-hydrogen) atoms. The fourth-order valence-corrected chi connectivity index (χ4v) is 9.76. The first-order valence-electron chi connectivity index (χ1n) is 10.3. The third-order valence-corrected chi connectivity index (χ3v) is 11.2. The van der Waals surface area contributed by atoms with E-state index in [0.717, 1.165) is 45.8 Å². The number of methoxy groups -OCH3 is 1. The average molecular weight is 555 g/mol. The summed E-state index contributed by atoms with van der Waals surface area (Å²) in [6.07, 6.45) is 4.45. The standard InChI is InChI=1S/C21H31Cl2IN3O2/c1-11(9-24-10-15-13(3)26-20(23)27-18(15)22)12(2)21-7-5-14(6-8-21)17(25)16(21)19(28)29-4/h11-12,14,16-17H,5-10,25H2,1-4H3/q-1/t11-,12+,14?,16?,17?,21?/m0/s1. The van der Waals surface area contributed by atoms with Crippen molar-refractivity contribution in [2.75, 3.05) is 11.5 Å². The fourth-order valence-electron chi connectivity index (χ4n) is 5.49. The monoisotopic (exact) mass is 554 g/mol. The van der Waals surface area contributed by atoms with Crippen LogP contribution in [0.15, 0.2) is 0 Å². The molecular weight excluding hydrogens is 524 g/mol. The van der Waals surface area contributed by atoms with Crippen LogP contribution in [0.25, 0.3) is 0 Å². The van der Waals surface area contributed by atoms with Crippen LogP contribution in [0.4, 0.5) is 0 Å². The van der Waals surface area contributed by atoms with Gasteiger partial charge in [-0.1, -0.05) is 0 Å². The second-order valence-electron chi connectivity index (χ2n) is 8.74. The first kappa shape index (κ1) is 23.5. The van der Waals surface area contributed by atoms with Crippen LogP contribution in [-0.4, -0.2) is 33.5 Å². The van der Waals surface area contributed by atoms with Crippen LogP contribution in [0, 0.1) is 36.0 Å². The van der Waals surface area contributed by atoms with E-state index in [1.165, 1.54) is 7.11 Å². The van der Waals surface area contributed by atoms with E-state index in [0.29, 0.717) is 22.9 Å². The Morgan fingerprint density at radius 2 is 1.97 bits per heavy atom. The third kappa shape index (κ3) is 4.55. The van der Waals surface area contributed by atoms with E-state index in [-0.39, 0.29) is 49.8 Å². The number of aryl methyl sites for hydroxylation is 1. The summed E-state index contributed by atoms with van der Waals surface area (Å²) in [4.78, 5) is 21.0. The quantitative estimate of drug-likeness (QED) is 0.180. The minimum absolute atomic E-state index is 0.0264. The molecule has 0 amide bonds. The number of esters is 1. The molecule has 4 atom stereocenters. The number of alkyl halides is 2. The number of nitrogens with two attached hydrogens (primary N) is 1.